The quantitative estimate of drug-likeness (QED) is 0.886. The molecule has 5 heteroatoms. The third kappa shape index (κ3) is 3.22. The average molecular weight is 279 g/mol. The van der Waals surface area contributed by atoms with E-state index in [-0.39, 0.29) is 5.91 Å². The summed E-state index contributed by atoms with van der Waals surface area (Å²) in [6, 6.07) is 2.38. The molecule has 1 aromatic heterocycles. The predicted octanol–water partition coefficient (Wildman–Crippen LogP) is 1.47. The first kappa shape index (κ1) is 15.1. The molecule has 2 heterocycles. The Kier molecular flexibility index (Phi) is 5.20. The van der Waals surface area contributed by atoms with E-state index < -0.39 is 0 Å². The fourth-order valence-electron chi connectivity index (χ4n) is 2.86. The Hall–Kier alpha value is -1.33. The first-order chi connectivity index (χ1) is 9.67. The summed E-state index contributed by atoms with van der Waals surface area (Å²) < 4.78 is 5.29. The molecule has 0 spiro atoms. The van der Waals surface area contributed by atoms with Crippen molar-refractivity contribution in [2.45, 2.75) is 32.7 Å². The van der Waals surface area contributed by atoms with E-state index in [0.29, 0.717) is 11.8 Å². The van der Waals surface area contributed by atoms with Crippen molar-refractivity contribution in [3.63, 3.8) is 0 Å². The number of amides is 1. The second-order valence-electron chi connectivity index (χ2n) is 5.40. The molecule has 1 aromatic rings. The Labute approximate surface area is 120 Å². The molecule has 1 aliphatic rings. The van der Waals surface area contributed by atoms with Gasteiger partial charge >= 0.3 is 0 Å². The lowest BCUT2D eigenvalue weighted by Gasteiger charge is -2.38. The van der Waals surface area contributed by atoms with E-state index in [1.807, 2.05) is 17.9 Å². The molecule has 1 atom stereocenters. The maximum Gasteiger partial charge on any atom is 0.289 e. The number of carbonyl (C=O) groups is 1. The Morgan fingerprint density at radius 3 is 2.60 bits per heavy atom. The summed E-state index contributed by atoms with van der Waals surface area (Å²) in [7, 11) is 0. The molecular weight excluding hydrogens is 254 g/mol. The Morgan fingerprint density at radius 1 is 1.40 bits per heavy atom. The van der Waals surface area contributed by atoms with Gasteiger partial charge in [-0.05, 0) is 32.4 Å². The van der Waals surface area contributed by atoms with Crippen LogP contribution in [-0.2, 0) is 0 Å². The van der Waals surface area contributed by atoms with Crippen LogP contribution in [0.2, 0.25) is 0 Å². The van der Waals surface area contributed by atoms with Crippen LogP contribution < -0.4 is 5.73 Å². The van der Waals surface area contributed by atoms with Crippen molar-refractivity contribution in [1.29, 1.82) is 0 Å². The normalized spacial score (nSPS) is 18.2. The smallest absolute Gasteiger partial charge is 0.289 e. The van der Waals surface area contributed by atoms with Crippen LogP contribution >= 0.6 is 0 Å². The fraction of sp³-hybridized carbons (Fsp3) is 0.667. The zero-order valence-corrected chi connectivity index (χ0v) is 12.5. The number of nitrogens with two attached hydrogens (primary N) is 1. The van der Waals surface area contributed by atoms with E-state index >= 15 is 0 Å². The van der Waals surface area contributed by atoms with Gasteiger partial charge in [0.15, 0.2) is 5.76 Å². The molecule has 20 heavy (non-hydrogen) atoms. The van der Waals surface area contributed by atoms with Crippen molar-refractivity contribution in [1.82, 2.24) is 9.80 Å². The third-order valence-corrected chi connectivity index (χ3v) is 4.15. The summed E-state index contributed by atoms with van der Waals surface area (Å²) in [4.78, 5) is 16.7. The number of piperazine rings is 1. The van der Waals surface area contributed by atoms with E-state index in [1.54, 1.807) is 6.26 Å². The summed E-state index contributed by atoms with van der Waals surface area (Å²) in [6.07, 6.45) is 3.72. The van der Waals surface area contributed by atoms with Gasteiger partial charge in [-0.2, -0.15) is 0 Å². The second kappa shape index (κ2) is 6.90. The van der Waals surface area contributed by atoms with Crippen LogP contribution in [0, 0.1) is 6.92 Å². The van der Waals surface area contributed by atoms with Gasteiger partial charge in [-0.1, -0.05) is 6.92 Å². The van der Waals surface area contributed by atoms with Crippen LogP contribution in [0.15, 0.2) is 16.7 Å². The number of carbonyl (C=O) groups excluding carboxylic acids is 1. The fourth-order valence-corrected chi connectivity index (χ4v) is 2.86. The summed E-state index contributed by atoms with van der Waals surface area (Å²) in [6.45, 7) is 8.20. The van der Waals surface area contributed by atoms with Gasteiger partial charge in [0.1, 0.15) is 0 Å². The maximum absolute atomic E-state index is 12.3. The molecule has 1 aliphatic heterocycles. The second-order valence-corrected chi connectivity index (χ2v) is 5.40. The van der Waals surface area contributed by atoms with Crippen LogP contribution in [0.1, 0.15) is 35.9 Å². The van der Waals surface area contributed by atoms with Gasteiger partial charge in [0, 0.05) is 37.8 Å². The number of nitrogens with zero attached hydrogens (tertiary/aromatic N) is 2. The molecule has 0 bridgehead atoms. The van der Waals surface area contributed by atoms with Crippen LogP contribution in [0.25, 0.3) is 0 Å². The van der Waals surface area contributed by atoms with Crippen molar-refractivity contribution in [3.8, 4) is 0 Å². The highest BCUT2D eigenvalue weighted by atomic mass is 16.3. The maximum atomic E-state index is 12.3. The Bertz CT molecular complexity index is 436. The third-order valence-electron chi connectivity index (χ3n) is 4.15. The lowest BCUT2D eigenvalue weighted by atomic mass is 10.1. The van der Waals surface area contributed by atoms with Crippen molar-refractivity contribution in [3.05, 3.63) is 23.7 Å². The molecule has 0 saturated carbocycles. The topological polar surface area (TPSA) is 62.7 Å². The zero-order chi connectivity index (χ0) is 14.5. The molecule has 0 radical (unpaired) electrons. The SMILES string of the molecule is CCC(CCN)N1CCN(C(=O)c2occc2C)CC1. The summed E-state index contributed by atoms with van der Waals surface area (Å²) in [5, 5.41) is 0. The molecule has 0 aliphatic carbocycles. The minimum absolute atomic E-state index is 0.0130. The molecule has 1 saturated heterocycles. The lowest BCUT2D eigenvalue weighted by molar-refractivity contribution is 0.0528. The first-order valence-electron chi connectivity index (χ1n) is 7.44. The molecule has 112 valence electrons. The Balaban J connectivity index is 1.91. The van der Waals surface area contributed by atoms with E-state index in [1.165, 1.54) is 0 Å². The van der Waals surface area contributed by atoms with E-state index in [4.69, 9.17) is 10.2 Å². The van der Waals surface area contributed by atoms with Crippen LogP contribution in [0.3, 0.4) is 0 Å². The minimum Gasteiger partial charge on any atom is -0.459 e. The van der Waals surface area contributed by atoms with E-state index in [2.05, 4.69) is 11.8 Å². The molecular formula is C15H25N3O2. The number of rotatable bonds is 5. The van der Waals surface area contributed by atoms with Crippen LogP contribution in [-0.4, -0.2) is 54.5 Å². The highest BCUT2D eigenvalue weighted by Crippen LogP contribution is 2.16. The highest BCUT2D eigenvalue weighted by molar-refractivity contribution is 5.92. The van der Waals surface area contributed by atoms with Gasteiger partial charge in [0.25, 0.3) is 5.91 Å². The van der Waals surface area contributed by atoms with Gasteiger partial charge < -0.3 is 15.1 Å². The van der Waals surface area contributed by atoms with Crippen molar-refractivity contribution in [2.24, 2.45) is 5.73 Å². The average Bonchev–Trinajstić information content (AvgIpc) is 2.90. The number of aryl methyl sites for hydroxylation is 1. The molecule has 2 N–H and O–H groups in total. The van der Waals surface area contributed by atoms with Gasteiger partial charge in [-0.3, -0.25) is 9.69 Å². The number of hydrogen-bond donors (Lipinski definition) is 1. The van der Waals surface area contributed by atoms with Gasteiger partial charge in [0.05, 0.1) is 6.26 Å². The van der Waals surface area contributed by atoms with E-state index in [9.17, 15) is 4.79 Å². The summed E-state index contributed by atoms with van der Waals surface area (Å²) >= 11 is 0. The van der Waals surface area contributed by atoms with Gasteiger partial charge in [-0.15, -0.1) is 0 Å². The highest BCUT2D eigenvalue weighted by Gasteiger charge is 2.27. The van der Waals surface area contributed by atoms with Crippen molar-refractivity contribution in [2.75, 3.05) is 32.7 Å². The zero-order valence-electron chi connectivity index (χ0n) is 12.5. The molecule has 1 amide bonds. The molecule has 0 aromatic carbocycles. The molecule has 5 nitrogen and oxygen atoms in total. The Morgan fingerprint density at radius 2 is 2.10 bits per heavy atom. The van der Waals surface area contributed by atoms with Crippen LogP contribution in [0.4, 0.5) is 0 Å². The van der Waals surface area contributed by atoms with Crippen LogP contribution in [0.5, 0.6) is 0 Å². The summed E-state index contributed by atoms with van der Waals surface area (Å²) in [5.41, 5.74) is 6.57. The van der Waals surface area contributed by atoms with Gasteiger partial charge in [-0.25, -0.2) is 0 Å². The number of furan rings is 1. The summed E-state index contributed by atoms with van der Waals surface area (Å²) in [5.74, 6) is 0.492. The molecule has 1 fully saturated rings. The van der Waals surface area contributed by atoms with Crippen molar-refractivity contribution < 1.29 is 9.21 Å². The monoisotopic (exact) mass is 279 g/mol. The van der Waals surface area contributed by atoms with Crippen molar-refractivity contribution >= 4 is 5.91 Å². The molecule has 1 unspecified atom stereocenters. The molecule has 2 rings (SSSR count). The van der Waals surface area contributed by atoms with Gasteiger partial charge in [0.2, 0.25) is 0 Å². The number of hydrogen-bond acceptors (Lipinski definition) is 4. The van der Waals surface area contributed by atoms with E-state index in [0.717, 1.165) is 51.1 Å². The minimum atomic E-state index is 0.0130. The standard InChI is InChI=1S/C15H25N3O2/c1-3-13(4-6-16)17-7-9-18(10-8-17)15(19)14-12(2)5-11-20-14/h5,11,13H,3-4,6-10,16H2,1-2H3. The first-order valence-corrected chi connectivity index (χ1v) is 7.44. The predicted molar refractivity (Wildman–Crippen MR) is 78.7 cm³/mol. The lowest BCUT2D eigenvalue weighted by Crippen LogP contribution is -2.52. The largest absolute Gasteiger partial charge is 0.459 e.